The summed E-state index contributed by atoms with van der Waals surface area (Å²) in [5.41, 5.74) is 0. The van der Waals surface area contributed by atoms with Gasteiger partial charge in [-0.05, 0) is 31.6 Å². The second kappa shape index (κ2) is 5.99. The fraction of sp³-hybridized carbons (Fsp3) is 0.833. The van der Waals surface area contributed by atoms with Crippen LogP contribution in [0.3, 0.4) is 0 Å². The minimum Gasteiger partial charge on any atom is -0.312 e. The maximum Gasteiger partial charge on any atom is 0.0692 e. The molecule has 16 heavy (non-hydrogen) atoms. The summed E-state index contributed by atoms with van der Waals surface area (Å²) in [6.07, 6.45) is 10.5. The molecule has 2 rings (SSSR count). The Morgan fingerprint density at radius 1 is 1.31 bits per heavy atom. The summed E-state index contributed by atoms with van der Waals surface area (Å²) < 4.78 is 1.88. The van der Waals surface area contributed by atoms with Crippen molar-refractivity contribution in [1.29, 1.82) is 0 Å². The zero-order valence-corrected chi connectivity index (χ0v) is 10.1. The van der Waals surface area contributed by atoms with Crippen molar-refractivity contribution >= 4 is 0 Å². The third-order valence-corrected chi connectivity index (χ3v) is 3.67. The van der Waals surface area contributed by atoms with E-state index in [0.717, 1.165) is 25.0 Å². The molecule has 1 N–H and O–H groups in total. The van der Waals surface area contributed by atoms with Crippen LogP contribution in [0, 0.1) is 5.92 Å². The summed E-state index contributed by atoms with van der Waals surface area (Å²) >= 11 is 0. The molecule has 0 aromatic carbocycles. The molecule has 1 aliphatic rings. The topological polar surface area (TPSA) is 42.7 Å². The van der Waals surface area contributed by atoms with Crippen molar-refractivity contribution in [3.63, 3.8) is 0 Å². The second-order valence-corrected chi connectivity index (χ2v) is 4.75. The highest BCUT2D eigenvalue weighted by Crippen LogP contribution is 2.26. The van der Waals surface area contributed by atoms with E-state index in [1.54, 1.807) is 6.20 Å². The molecular weight excluding hydrogens is 200 g/mol. The van der Waals surface area contributed by atoms with E-state index in [0.29, 0.717) is 0 Å². The maximum atomic E-state index is 3.95. The smallest absolute Gasteiger partial charge is 0.0692 e. The molecule has 4 heteroatoms. The molecule has 0 saturated heterocycles. The van der Waals surface area contributed by atoms with Gasteiger partial charge in [-0.3, -0.25) is 4.68 Å². The predicted octanol–water partition coefficient (Wildman–Crippen LogP) is 1.84. The summed E-state index contributed by atoms with van der Waals surface area (Å²) in [6, 6.07) is 0.728. The number of aromatic nitrogens is 3. The first-order chi connectivity index (χ1) is 7.88. The van der Waals surface area contributed by atoms with Gasteiger partial charge in [-0.25, -0.2) is 0 Å². The van der Waals surface area contributed by atoms with Gasteiger partial charge >= 0.3 is 0 Å². The lowest BCUT2D eigenvalue weighted by Crippen LogP contribution is -2.35. The van der Waals surface area contributed by atoms with Gasteiger partial charge in [0.2, 0.25) is 0 Å². The Labute approximate surface area is 97.4 Å². The Kier molecular flexibility index (Phi) is 4.34. The zero-order valence-electron chi connectivity index (χ0n) is 10.1. The molecule has 0 atom stereocenters. The predicted molar refractivity (Wildman–Crippen MR) is 64.1 cm³/mol. The SMILES string of the molecule is CCC1CCC(NCCn2ccnn2)CC1. The summed E-state index contributed by atoms with van der Waals surface area (Å²) in [5, 5.41) is 11.4. The van der Waals surface area contributed by atoms with E-state index >= 15 is 0 Å². The van der Waals surface area contributed by atoms with E-state index in [4.69, 9.17) is 0 Å². The van der Waals surface area contributed by atoms with Crippen LogP contribution >= 0.6 is 0 Å². The second-order valence-electron chi connectivity index (χ2n) is 4.75. The van der Waals surface area contributed by atoms with Crippen molar-refractivity contribution in [2.45, 2.75) is 51.6 Å². The summed E-state index contributed by atoms with van der Waals surface area (Å²) in [4.78, 5) is 0. The third-order valence-electron chi connectivity index (χ3n) is 3.67. The number of hydrogen-bond donors (Lipinski definition) is 1. The summed E-state index contributed by atoms with van der Waals surface area (Å²) in [7, 11) is 0. The first-order valence-electron chi connectivity index (χ1n) is 6.46. The Hall–Kier alpha value is -0.900. The molecule has 0 aliphatic heterocycles. The van der Waals surface area contributed by atoms with Crippen LogP contribution < -0.4 is 5.32 Å². The Morgan fingerprint density at radius 3 is 2.75 bits per heavy atom. The van der Waals surface area contributed by atoms with Crippen LogP contribution in [0.5, 0.6) is 0 Å². The molecule has 0 radical (unpaired) electrons. The average molecular weight is 222 g/mol. The number of nitrogens with one attached hydrogen (secondary N) is 1. The molecule has 4 nitrogen and oxygen atoms in total. The van der Waals surface area contributed by atoms with E-state index in [2.05, 4.69) is 22.6 Å². The van der Waals surface area contributed by atoms with Crippen molar-refractivity contribution in [2.75, 3.05) is 6.54 Å². The van der Waals surface area contributed by atoms with Gasteiger partial charge in [0, 0.05) is 18.8 Å². The van der Waals surface area contributed by atoms with Gasteiger partial charge in [-0.15, -0.1) is 5.10 Å². The minimum atomic E-state index is 0.728. The molecule has 0 spiro atoms. The van der Waals surface area contributed by atoms with Crippen LogP contribution in [0.15, 0.2) is 12.4 Å². The monoisotopic (exact) mass is 222 g/mol. The fourth-order valence-electron chi connectivity index (χ4n) is 2.51. The normalized spacial score (nSPS) is 25.8. The maximum absolute atomic E-state index is 3.95. The molecule has 1 heterocycles. The highest BCUT2D eigenvalue weighted by atomic mass is 15.4. The molecule has 90 valence electrons. The Morgan fingerprint density at radius 2 is 2.12 bits per heavy atom. The molecule has 0 bridgehead atoms. The highest BCUT2D eigenvalue weighted by molar-refractivity contribution is 4.76. The summed E-state index contributed by atoms with van der Waals surface area (Å²) in [6.45, 7) is 4.24. The number of nitrogens with zero attached hydrogens (tertiary/aromatic N) is 3. The van der Waals surface area contributed by atoms with Gasteiger partial charge in [-0.1, -0.05) is 18.6 Å². The van der Waals surface area contributed by atoms with Crippen molar-refractivity contribution in [3.8, 4) is 0 Å². The van der Waals surface area contributed by atoms with Crippen LogP contribution in [0.2, 0.25) is 0 Å². The fourth-order valence-corrected chi connectivity index (χ4v) is 2.51. The van der Waals surface area contributed by atoms with Crippen LogP contribution in [0.4, 0.5) is 0 Å². The number of rotatable bonds is 5. The lowest BCUT2D eigenvalue weighted by atomic mass is 9.84. The molecule has 1 aromatic rings. The van der Waals surface area contributed by atoms with E-state index in [-0.39, 0.29) is 0 Å². The molecule has 1 aromatic heterocycles. The van der Waals surface area contributed by atoms with E-state index in [1.807, 2.05) is 10.9 Å². The Balaban J connectivity index is 1.60. The molecule has 1 aliphatic carbocycles. The molecule has 0 amide bonds. The summed E-state index contributed by atoms with van der Waals surface area (Å²) in [5.74, 6) is 0.980. The molecule has 1 saturated carbocycles. The molecular formula is C12H22N4. The van der Waals surface area contributed by atoms with Crippen molar-refractivity contribution in [1.82, 2.24) is 20.3 Å². The highest BCUT2D eigenvalue weighted by Gasteiger charge is 2.18. The lowest BCUT2D eigenvalue weighted by Gasteiger charge is -2.28. The van der Waals surface area contributed by atoms with Crippen molar-refractivity contribution in [2.24, 2.45) is 5.92 Å². The van der Waals surface area contributed by atoms with Gasteiger partial charge in [-0.2, -0.15) is 0 Å². The van der Waals surface area contributed by atoms with Crippen LogP contribution in [-0.4, -0.2) is 27.6 Å². The van der Waals surface area contributed by atoms with Gasteiger partial charge in [0.25, 0.3) is 0 Å². The van der Waals surface area contributed by atoms with Gasteiger partial charge < -0.3 is 5.32 Å². The van der Waals surface area contributed by atoms with Crippen LogP contribution in [0.25, 0.3) is 0 Å². The molecule has 1 fully saturated rings. The average Bonchev–Trinajstić information content (AvgIpc) is 2.83. The van der Waals surface area contributed by atoms with Crippen molar-refractivity contribution in [3.05, 3.63) is 12.4 Å². The first-order valence-corrected chi connectivity index (χ1v) is 6.46. The minimum absolute atomic E-state index is 0.728. The largest absolute Gasteiger partial charge is 0.312 e. The Bertz CT molecular complexity index is 275. The van der Waals surface area contributed by atoms with E-state index in [9.17, 15) is 0 Å². The first kappa shape index (κ1) is 11.6. The van der Waals surface area contributed by atoms with Crippen molar-refractivity contribution < 1.29 is 0 Å². The quantitative estimate of drug-likeness (QED) is 0.826. The van der Waals surface area contributed by atoms with Gasteiger partial charge in [0.1, 0.15) is 0 Å². The van der Waals surface area contributed by atoms with E-state index < -0.39 is 0 Å². The lowest BCUT2D eigenvalue weighted by molar-refractivity contribution is 0.283. The molecule has 0 unspecified atom stereocenters. The van der Waals surface area contributed by atoms with Crippen LogP contribution in [-0.2, 0) is 6.54 Å². The van der Waals surface area contributed by atoms with Crippen LogP contribution in [0.1, 0.15) is 39.0 Å². The van der Waals surface area contributed by atoms with E-state index in [1.165, 1.54) is 32.1 Å². The van der Waals surface area contributed by atoms with Gasteiger partial charge in [0.05, 0.1) is 12.7 Å². The third kappa shape index (κ3) is 3.30. The standard InChI is InChI=1S/C12H22N4/c1-2-11-3-5-12(6-4-11)13-7-9-16-10-8-14-15-16/h8,10-13H,2-7,9H2,1H3. The zero-order chi connectivity index (χ0) is 11.2. The van der Waals surface area contributed by atoms with Gasteiger partial charge in [0.15, 0.2) is 0 Å². The number of hydrogen-bond acceptors (Lipinski definition) is 3.